The van der Waals surface area contributed by atoms with E-state index in [0.717, 1.165) is 44.1 Å². The van der Waals surface area contributed by atoms with Crippen LogP contribution in [0.25, 0.3) is 11.1 Å². The molecule has 2 aromatic rings. The highest BCUT2D eigenvalue weighted by atomic mass is 16.4. The maximum absolute atomic E-state index is 12.2. The molecule has 32 heavy (non-hydrogen) atoms. The van der Waals surface area contributed by atoms with Crippen molar-refractivity contribution in [2.75, 3.05) is 26.2 Å². The molecule has 1 heterocycles. The standard InChI is InChI=1S/C27H36N2O3/c1-3-21-13-10-14-23(24(21)22-11-6-4-7-12-22)26(2,27(32)15-8-5-9-16-27)29-19-17-28(18-20-29)25(30)31/h4,6-7,10-14,32H,3,5,8-9,15-20H2,1-2H3,(H,30,31). The second-order valence-electron chi connectivity index (χ2n) is 9.48. The summed E-state index contributed by atoms with van der Waals surface area (Å²) in [6.45, 7) is 6.56. The van der Waals surface area contributed by atoms with Gasteiger partial charge in [0.05, 0.1) is 11.1 Å². The number of carboxylic acid groups (broad SMARTS) is 1. The lowest BCUT2D eigenvalue weighted by Gasteiger charge is -2.56. The van der Waals surface area contributed by atoms with Gasteiger partial charge in [0.25, 0.3) is 0 Å². The van der Waals surface area contributed by atoms with Gasteiger partial charge in [0, 0.05) is 26.2 Å². The second kappa shape index (κ2) is 9.24. The lowest BCUT2D eigenvalue weighted by Crippen LogP contribution is -2.65. The molecule has 1 saturated heterocycles. The zero-order valence-corrected chi connectivity index (χ0v) is 19.4. The summed E-state index contributed by atoms with van der Waals surface area (Å²) in [5, 5.41) is 21.7. The quantitative estimate of drug-likeness (QED) is 0.683. The summed E-state index contributed by atoms with van der Waals surface area (Å²) in [5.74, 6) is 0. The fourth-order valence-electron chi connectivity index (χ4n) is 5.93. The van der Waals surface area contributed by atoms with Crippen molar-refractivity contribution in [1.29, 1.82) is 0 Å². The molecule has 0 radical (unpaired) electrons. The van der Waals surface area contributed by atoms with Crippen molar-refractivity contribution in [3.8, 4) is 11.1 Å². The summed E-state index contributed by atoms with van der Waals surface area (Å²) in [5.41, 5.74) is 3.38. The van der Waals surface area contributed by atoms with Gasteiger partial charge in [0.1, 0.15) is 0 Å². The summed E-state index contributed by atoms with van der Waals surface area (Å²) in [7, 11) is 0. The molecule has 2 aromatic carbocycles. The number of aliphatic hydroxyl groups is 1. The van der Waals surface area contributed by atoms with Crippen LogP contribution in [-0.4, -0.2) is 57.9 Å². The molecule has 172 valence electrons. The third-order valence-corrected chi connectivity index (χ3v) is 7.89. The van der Waals surface area contributed by atoms with Crippen LogP contribution in [0, 0.1) is 0 Å². The molecule has 2 N–H and O–H groups in total. The van der Waals surface area contributed by atoms with Gasteiger partial charge in [-0.25, -0.2) is 4.79 Å². The molecule has 0 bridgehead atoms. The van der Waals surface area contributed by atoms with E-state index in [9.17, 15) is 15.0 Å². The molecule has 1 atom stereocenters. The fourth-order valence-corrected chi connectivity index (χ4v) is 5.93. The molecule has 1 aliphatic heterocycles. The fraction of sp³-hybridized carbons (Fsp3) is 0.519. The number of amides is 1. The largest absolute Gasteiger partial charge is 0.465 e. The van der Waals surface area contributed by atoms with Crippen molar-refractivity contribution in [3.63, 3.8) is 0 Å². The lowest BCUT2D eigenvalue weighted by atomic mass is 9.65. The third-order valence-electron chi connectivity index (χ3n) is 7.89. The zero-order chi connectivity index (χ0) is 22.8. The van der Waals surface area contributed by atoms with Gasteiger partial charge in [-0.15, -0.1) is 0 Å². The third kappa shape index (κ3) is 3.93. The molecule has 4 rings (SSSR count). The molecular weight excluding hydrogens is 400 g/mol. The predicted molar refractivity (Wildman–Crippen MR) is 128 cm³/mol. The van der Waals surface area contributed by atoms with Crippen LogP contribution in [0.5, 0.6) is 0 Å². The highest BCUT2D eigenvalue weighted by Gasteiger charge is 2.53. The number of rotatable bonds is 5. The summed E-state index contributed by atoms with van der Waals surface area (Å²) >= 11 is 0. The van der Waals surface area contributed by atoms with Crippen LogP contribution in [0.15, 0.2) is 48.5 Å². The Morgan fingerprint density at radius 3 is 2.22 bits per heavy atom. The van der Waals surface area contributed by atoms with E-state index in [-0.39, 0.29) is 0 Å². The Morgan fingerprint density at radius 1 is 0.969 bits per heavy atom. The first-order valence-corrected chi connectivity index (χ1v) is 12.0. The van der Waals surface area contributed by atoms with Gasteiger partial charge in [-0.1, -0.05) is 74.7 Å². The summed E-state index contributed by atoms with van der Waals surface area (Å²) in [6.07, 6.45) is 4.80. The van der Waals surface area contributed by atoms with E-state index in [1.54, 1.807) is 0 Å². The summed E-state index contributed by atoms with van der Waals surface area (Å²) < 4.78 is 0. The van der Waals surface area contributed by atoms with Crippen LogP contribution in [0.1, 0.15) is 57.1 Å². The highest BCUT2D eigenvalue weighted by Crippen LogP contribution is 2.50. The normalized spacial score (nSPS) is 21.2. The Balaban J connectivity index is 1.88. The van der Waals surface area contributed by atoms with Crippen LogP contribution in [-0.2, 0) is 12.0 Å². The van der Waals surface area contributed by atoms with Gasteiger partial charge in [0.15, 0.2) is 0 Å². The van der Waals surface area contributed by atoms with Crippen LogP contribution in [0.2, 0.25) is 0 Å². The van der Waals surface area contributed by atoms with Crippen molar-refractivity contribution in [2.24, 2.45) is 0 Å². The van der Waals surface area contributed by atoms with E-state index in [1.165, 1.54) is 21.6 Å². The van der Waals surface area contributed by atoms with E-state index in [1.807, 2.05) is 6.07 Å². The van der Waals surface area contributed by atoms with Crippen LogP contribution in [0.4, 0.5) is 4.79 Å². The van der Waals surface area contributed by atoms with Crippen molar-refractivity contribution >= 4 is 6.09 Å². The summed E-state index contributed by atoms with van der Waals surface area (Å²) in [6, 6.07) is 17.0. The Kier molecular flexibility index (Phi) is 6.59. The predicted octanol–water partition coefficient (Wildman–Crippen LogP) is 5.12. The topological polar surface area (TPSA) is 64.0 Å². The summed E-state index contributed by atoms with van der Waals surface area (Å²) in [4.78, 5) is 15.4. The van der Waals surface area contributed by atoms with Gasteiger partial charge in [-0.05, 0) is 48.4 Å². The number of benzene rings is 2. The molecule has 1 saturated carbocycles. The molecule has 1 amide bonds. The van der Waals surface area contributed by atoms with Gasteiger partial charge in [-0.2, -0.15) is 0 Å². The van der Waals surface area contributed by atoms with Crippen molar-refractivity contribution in [3.05, 3.63) is 59.7 Å². The molecular formula is C27H36N2O3. The molecule has 0 spiro atoms. The maximum Gasteiger partial charge on any atom is 0.407 e. The maximum atomic E-state index is 12.2. The van der Waals surface area contributed by atoms with Gasteiger partial charge in [0.2, 0.25) is 0 Å². The Bertz CT molecular complexity index is 931. The van der Waals surface area contributed by atoms with E-state index >= 15 is 0 Å². The first kappa shape index (κ1) is 22.8. The smallest absolute Gasteiger partial charge is 0.407 e. The SMILES string of the molecule is CCc1cccc(C(C)(N2CCN(C(=O)O)CC2)C2(O)CCCCC2)c1-c1ccccc1. The molecule has 2 fully saturated rings. The average molecular weight is 437 g/mol. The van der Waals surface area contributed by atoms with Crippen molar-refractivity contribution < 1.29 is 15.0 Å². The Hall–Kier alpha value is -2.37. The Labute approximate surface area is 191 Å². The van der Waals surface area contributed by atoms with E-state index < -0.39 is 17.2 Å². The first-order valence-electron chi connectivity index (χ1n) is 12.0. The minimum atomic E-state index is -0.860. The lowest BCUT2D eigenvalue weighted by molar-refractivity contribution is -0.138. The zero-order valence-electron chi connectivity index (χ0n) is 19.4. The van der Waals surface area contributed by atoms with Gasteiger partial charge < -0.3 is 15.1 Å². The van der Waals surface area contributed by atoms with E-state index in [2.05, 4.69) is 61.2 Å². The molecule has 1 aliphatic carbocycles. The van der Waals surface area contributed by atoms with E-state index in [4.69, 9.17) is 0 Å². The minimum absolute atomic E-state index is 0.467. The van der Waals surface area contributed by atoms with Gasteiger partial charge in [-0.3, -0.25) is 4.90 Å². The van der Waals surface area contributed by atoms with E-state index in [0.29, 0.717) is 26.2 Å². The highest BCUT2D eigenvalue weighted by molar-refractivity contribution is 5.73. The van der Waals surface area contributed by atoms with Crippen molar-refractivity contribution in [2.45, 2.75) is 63.5 Å². The van der Waals surface area contributed by atoms with Gasteiger partial charge >= 0.3 is 6.09 Å². The second-order valence-corrected chi connectivity index (χ2v) is 9.48. The molecule has 5 heteroatoms. The number of nitrogens with zero attached hydrogens (tertiary/aromatic N) is 2. The van der Waals surface area contributed by atoms with Crippen LogP contribution >= 0.6 is 0 Å². The number of piperazine rings is 1. The average Bonchev–Trinajstić information content (AvgIpc) is 2.84. The molecule has 2 aliphatic rings. The number of hydrogen-bond acceptors (Lipinski definition) is 3. The molecule has 0 aromatic heterocycles. The first-order chi connectivity index (χ1) is 15.4. The van der Waals surface area contributed by atoms with Crippen LogP contribution < -0.4 is 0 Å². The number of aryl methyl sites for hydroxylation is 1. The number of carbonyl (C=O) groups is 1. The number of hydrogen-bond donors (Lipinski definition) is 2. The molecule has 5 nitrogen and oxygen atoms in total. The minimum Gasteiger partial charge on any atom is -0.465 e. The van der Waals surface area contributed by atoms with Crippen molar-refractivity contribution in [1.82, 2.24) is 9.80 Å². The molecule has 1 unspecified atom stereocenters. The Morgan fingerprint density at radius 2 is 1.62 bits per heavy atom. The monoisotopic (exact) mass is 436 g/mol. The van der Waals surface area contributed by atoms with Crippen LogP contribution in [0.3, 0.4) is 0 Å².